The molecular weight excluding hydrogens is 266 g/mol. The first-order valence-corrected chi connectivity index (χ1v) is 8.63. The van der Waals surface area contributed by atoms with Crippen LogP contribution in [0.2, 0.25) is 0 Å². The third-order valence-corrected chi connectivity index (χ3v) is 6.00. The van der Waals surface area contributed by atoms with E-state index < -0.39 is 15.4 Å². The zero-order valence-electron chi connectivity index (χ0n) is 11.4. The highest BCUT2D eigenvalue weighted by Crippen LogP contribution is 2.40. The SMILES string of the molecule is CNC(CN1CCCS(=O)(=O)CC1)(C(N)=O)C1CC1. The molecule has 0 aromatic rings. The monoisotopic (exact) mass is 289 g/mol. The average molecular weight is 289 g/mol. The van der Waals surface area contributed by atoms with Crippen LogP contribution < -0.4 is 11.1 Å². The number of primary amides is 1. The number of carbonyl (C=O) groups is 1. The minimum atomic E-state index is -2.92. The van der Waals surface area contributed by atoms with Crippen molar-refractivity contribution in [3.63, 3.8) is 0 Å². The summed E-state index contributed by atoms with van der Waals surface area (Å²) < 4.78 is 23.2. The van der Waals surface area contributed by atoms with Crippen LogP contribution in [0.5, 0.6) is 0 Å². The molecule has 1 saturated carbocycles. The Kier molecular flexibility index (Phi) is 4.17. The molecule has 2 aliphatic rings. The fourth-order valence-corrected chi connectivity index (χ4v) is 4.20. The summed E-state index contributed by atoms with van der Waals surface area (Å²) in [5, 5.41) is 3.10. The van der Waals surface area contributed by atoms with Gasteiger partial charge in [-0.3, -0.25) is 9.69 Å². The predicted molar refractivity (Wildman–Crippen MR) is 73.4 cm³/mol. The van der Waals surface area contributed by atoms with Gasteiger partial charge in [0.2, 0.25) is 5.91 Å². The molecular formula is C12H23N3O3S. The summed E-state index contributed by atoms with van der Waals surface area (Å²) in [4.78, 5) is 13.9. The van der Waals surface area contributed by atoms with Crippen LogP contribution in [0.4, 0.5) is 0 Å². The van der Waals surface area contributed by atoms with Gasteiger partial charge in [0.15, 0.2) is 9.84 Å². The second kappa shape index (κ2) is 5.38. The Bertz CT molecular complexity index is 447. The van der Waals surface area contributed by atoms with Gasteiger partial charge in [-0.1, -0.05) is 0 Å². The molecule has 0 spiro atoms. The summed E-state index contributed by atoms with van der Waals surface area (Å²) in [5.74, 6) is 0.381. The fourth-order valence-electron chi connectivity index (χ4n) is 2.89. The Morgan fingerprint density at radius 3 is 2.58 bits per heavy atom. The van der Waals surface area contributed by atoms with Gasteiger partial charge in [-0.05, 0) is 38.8 Å². The van der Waals surface area contributed by atoms with Crippen molar-refractivity contribution in [2.45, 2.75) is 24.8 Å². The maximum atomic E-state index is 11.8. The van der Waals surface area contributed by atoms with Gasteiger partial charge in [0.1, 0.15) is 5.54 Å². The highest BCUT2D eigenvalue weighted by molar-refractivity contribution is 7.91. The van der Waals surface area contributed by atoms with E-state index in [-0.39, 0.29) is 23.3 Å². The van der Waals surface area contributed by atoms with Gasteiger partial charge in [0, 0.05) is 13.1 Å². The van der Waals surface area contributed by atoms with Crippen molar-refractivity contribution in [3.05, 3.63) is 0 Å². The summed E-state index contributed by atoms with van der Waals surface area (Å²) in [6, 6.07) is 0. The molecule has 0 aromatic carbocycles. The van der Waals surface area contributed by atoms with Gasteiger partial charge in [-0.15, -0.1) is 0 Å². The van der Waals surface area contributed by atoms with E-state index in [2.05, 4.69) is 10.2 Å². The zero-order valence-corrected chi connectivity index (χ0v) is 12.2. The van der Waals surface area contributed by atoms with Crippen molar-refractivity contribution in [1.82, 2.24) is 10.2 Å². The second-order valence-corrected chi connectivity index (χ2v) is 7.95. The number of carbonyl (C=O) groups excluding carboxylic acids is 1. The van der Waals surface area contributed by atoms with Gasteiger partial charge in [0.25, 0.3) is 0 Å². The summed E-state index contributed by atoms with van der Waals surface area (Å²) in [5.41, 5.74) is 4.89. The Morgan fingerprint density at radius 1 is 1.37 bits per heavy atom. The average Bonchev–Trinajstić information content (AvgIpc) is 3.15. The number of rotatable bonds is 5. The smallest absolute Gasteiger partial charge is 0.239 e. The van der Waals surface area contributed by atoms with Crippen molar-refractivity contribution in [2.75, 3.05) is 38.2 Å². The lowest BCUT2D eigenvalue weighted by atomic mass is 9.91. The number of amides is 1. The van der Waals surface area contributed by atoms with Crippen LogP contribution in [-0.2, 0) is 14.6 Å². The number of hydrogen-bond donors (Lipinski definition) is 2. The maximum absolute atomic E-state index is 11.8. The van der Waals surface area contributed by atoms with Gasteiger partial charge in [0.05, 0.1) is 11.5 Å². The number of hydrogen-bond acceptors (Lipinski definition) is 5. The van der Waals surface area contributed by atoms with Crippen molar-refractivity contribution >= 4 is 15.7 Å². The Labute approximate surface area is 114 Å². The molecule has 1 unspecified atom stereocenters. The molecule has 1 aliphatic heterocycles. The predicted octanol–water partition coefficient (Wildman–Crippen LogP) is -1.04. The van der Waals surface area contributed by atoms with E-state index in [9.17, 15) is 13.2 Å². The fraction of sp³-hybridized carbons (Fsp3) is 0.917. The number of sulfone groups is 1. The van der Waals surface area contributed by atoms with Crippen molar-refractivity contribution < 1.29 is 13.2 Å². The number of nitrogens with two attached hydrogens (primary N) is 1. The van der Waals surface area contributed by atoms with E-state index >= 15 is 0 Å². The van der Waals surface area contributed by atoms with Crippen LogP contribution in [0.3, 0.4) is 0 Å². The van der Waals surface area contributed by atoms with E-state index in [1.165, 1.54) is 0 Å². The molecule has 110 valence electrons. The summed E-state index contributed by atoms with van der Waals surface area (Å²) in [6.07, 6.45) is 2.65. The third-order valence-electron chi connectivity index (χ3n) is 4.28. The van der Waals surface area contributed by atoms with E-state index in [4.69, 9.17) is 5.73 Å². The quantitative estimate of drug-likeness (QED) is 0.674. The zero-order chi connectivity index (χ0) is 14.1. The highest BCUT2D eigenvalue weighted by atomic mass is 32.2. The molecule has 1 amide bonds. The van der Waals surface area contributed by atoms with E-state index in [0.717, 1.165) is 12.8 Å². The molecule has 0 radical (unpaired) electrons. The number of nitrogens with one attached hydrogen (secondary N) is 1. The van der Waals surface area contributed by atoms with Crippen molar-refractivity contribution in [2.24, 2.45) is 11.7 Å². The minimum Gasteiger partial charge on any atom is -0.368 e. The first kappa shape index (κ1) is 14.7. The molecule has 6 nitrogen and oxygen atoms in total. The molecule has 3 N–H and O–H groups in total. The first-order chi connectivity index (χ1) is 8.89. The van der Waals surface area contributed by atoms with Crippen molar-refractivity contribution in [3.8, 4) is 0 Å². The van der Waals surface area contributed by atoms with Crippen LogP contribution in [0, 0.1) is 5.92 Å². The molecule has 0 aromatic heterocycles. The van der Waals surface area contributed by atoms with Crippen LogP contribution >= 0.6 is 0 Å². The van der Waals surface area contributed by atoms with Crippen LogP contribution in [0.1, 0.15) is 19.3 Å². The summed E-state index contributed by atoms with van der Waals surface area (Å²) >= 11 is 0. The molecule has 1 saturated heterocycles. The summed E-state index contributed by atoms with van der Waals surface area (Å²) in [6.45, 7) is 1.72. The third kappa shape index (κ3) is 3.27. The van der Waals surface area contributed by atoms with Crippen LogP contribution in [-0.4, -0.2) is 63.0 Å². The lowest BCUT2D eigenvalue weighted by Crippen LogP contribution is -2.62. The molecule has 2 rings (SSSR count). The largest absolute Gasteiger partial charge is 0.368 e. The van der Waals surface area contributed by atoms with Gasteiger partial charge in [-0.25, -0.2) is 8.42 Å². The Morgan fingerprint density at radius 2 is 2.05 bits per heavy atom. The van der Waals surface area contributed by atoms with E-state index in [1.807, 2.05) is 0 Å². The highest BCUT2D eigenvalue weighted by Gasteiger charge is 2.49. The van der Waals surface area contributed by atoms with Crippen LogP contribution in [0.25, 0.3) is 0 Å². The Balaban J connectivity index is 2.07. The topological polar surface area (TPSA) is 92.5 Å². The lowest BCUT2D eigenvalue weighted by molar-refractivity contribution is -0.126. The minimum absolute atomic E-state index is 0.177. The van der Waals surface area contributed by atoms with Crippen molar-refractivity contribution in [1.29, 1.82) is 0 Å². The number of likely N-dealkylation sites (N-methyl/N-ethyl adjacent to an activating group) is 1. The standard InChI is InChI=1S/C12H23N3O3S/c1-14-12(11(13)16,10-3-4-10)9-15-5-2-7-19(17,18)8-6-15/h10,14H,2-9H2,1H3,(H2,13,16). The molecule has 1 heterocycles. The molecule has 2 fully saturated rings. The molecule has 0 bridgehead atoms. The number of nitrogens with zero attached hydrogens (tertiary/aromatic N) is 1. The van der Waals surface area contributed by atoms with E-state index in [0.29, 0.717) is 26.1 Å². The Hall–Kier alpha value is -0.660. The molecule has 7 heteroatoms. The normalized spacial score (nSPS) is 27.4. The second-order valence-electron chi connectivity index (χ2n) is 5.64. The van der Waals surface area contributed by atoms with Gasteiger partial charge in [-0.2, -0.15) is 0 Å². The molecule has 1 atom stereocenters. The van der Waals surface area contributed by atoms with Gasteiger partial charge < -0.3 is 11.1 Å². The van der Waals surface area contributed by atoms with Crippen LogP contribution in [0.15, 0.2) is 0 Å². The van der Waals surface area contributed by atoms with E-state index in [1.54, 1.807) is 7.05 Å². The summed E-state index contributed by atoms with van der Waals surface area (Å²) in [7, 11) is -1.16. The van der Waals surface area contributed by atoms with Gasteiger partial charge >= 0.3 is 0 Å². The molecule has 1 aliphatic carbocycles. The molecule has 19 heavy (non-hydrogen) atoms. The lowest BCUT2D eigenvalue weighted by Gasteiger charge is -2.35. The first-order valence-electron chi connectivity index (χ1n) is 6.81. The maximum Gasteiger partial charge on any atom is 0.239 e.